The Balaban J connectivity index is 1.56. The number of benzene rings is 1. The number of carbonyl (C=O) groups is 3. The smallest absolute Gasteiger partial charge is 0.334 e. The summed E-state index contributed by atoms with van der Waals surface area (Å²) in [7, 11) is 0. The van der Waals surface area contributed by atoms with Crippen molar-refractivity contribution in [2.75, 3.05) is 6.61 Å². The van der Waals surface area contributed by atoms with Gasteiger partial charge < -0.3 is 18.9 Å². The maximum atomic E-state index is 12.7. The fourth-order valence-corrected chi connectivity index (χ4v) is 4.32. The summed E-state index contributed by atoms with van der Waals surface area (Å²) in [6, 6.07) is 7.35. The minimum atomic E-state index is -0.769. The summed E-state index contributed by atoms with van der Waals surface area (Å²) >= 11 is 0. The van der Waals surface area contributed by atoms with Gasteiger partial charge >= 0.3 is 17.9 Å². The van der Waals surface area contributed by atoms with Crippen LogP contribution < -0.4 is 4.74 Å². The first-order valence-corrected chi connectivity index (χ1v) is 10.9. The highest BCUT2D eigenvalue weighted by Crippen LogP contribution is 2.38. The van der Waals surface area contributed by atoms with E-state index in [1.54, 1.807) is 18.2 Å². The molecule has 3 aliphatic rings. The molecule has 0 N–H and O–H groups in total. The molecular weight excluding hydrogens is 424 g/mol. The second-order valence-corrected chi connectivity index (χ2v) is 8.29. The lowest BCUT2D eigenvalue weighted by molar-refractivity contribution is -0.145. The number of fused-ring (bicyclic) bond motifs is 2. The summed E-state index contributed by atoms with van der Waals surface area (Å²) in [5.74, 6) is -1.42. The first kappa shape index (κ1) is 22.6. The summed E-state index contributed by atoms with van der Waals surface area (Å²) in [5.41, 5.74) is 2.34. The third-order valence-corrected chi connectivity index (χ3v) is 5.81. The Bertz CT molecular complexity index is 1080. The third kappa shape index (κ3) is 5.08. The summed E-state index contributed by atoms with van der Waals surface area (Å²) in [4.78, 5) is 37.2. The van der Waals surface area contributed by atoms with Gasteiger partial charge in [-0.2, -0.15) is 0 Å². The van der Waals surface area contributed by atoms with Crippen molar-refractivity contribution in [2.45, 2.75) is 45.0 Å². The van der Waals surface area contributed by atoms with Crippen molar-refractivity contribution >= 4 is 24.0 Å². The summed E-state index contributed by atoms with van der Waals surface area (Å²) in [5, 5.41) is 0. The van der Waals surface area contributed by atoms with E-state index in [4.69, 9.17) is 18.9 Å². The number of carbonyl (C=O) groups excluding carboxylic acids is 3. The second-order valence-electron chi connectivity index (χ2n) is 8.29. The molecule has 0 aromatic heterocycles. The molecule has 33 heavy (non-hydrogen) atoms. The molecule has 1 aromatic carbocycles. The van der Waals surface area contributed by atoms with Crippen molar-refractivity contribution in [3.63, 3.8) is 0 Å². The first-order valence-electron chi connectivity index (χ1n) is 10.9. The van der Waals surface area contributed by atoms with Crippen molar-refractivity contribution in [1.82, 2.24) is 0 Å². The lowest BCUT2D eigenvalue weighted by Gasteiger charge is -2.25. The zero-order valence-electron chi connectivity index (χ0n) is 18.6. The lowest BCUT2D eigenvalue weighted by atomic mass is 9.85. The van der Waals surface area contributed by atoms with Gasteiger partial charge in [-0.25, -0.2) is 14.4 Å². The van der Waals surface area contributed by atoms with Crippen LogP contribution in [-0.2, 0) is 28.6 Å². The highest BCUT2D eigenvalue weighted by atomic mass is 16.6. The van der Waals surface area contributed by atoms with Gasteiger partial charge in [0.15, 0.2) is 0 Å². The third-order valence-electron chi connectivity index (χ3n) is 5.81. The summed E-state index contributed by atoms with van der Waals surface area (Å²) in [6.07, 6.45) is 5.38. The van der Waals surface area contributed by atoms with E-state index in [0.29, 0.717) is 24.4 Å². The molecule has 1 saturated heterocycles. The molecule has 172 valence electrons. The van der Waals surface area contributed by atoms with Crippen LogP contribution in [0.5, 0.6) is 5.75 Å². The van der Waals surface area contributed by atoms with E-state index in [9.17, 15) is 14.4 Å². The molecule has 0 radical (unpaired) electrons. The number of ether oxygens (including phenoxy) is 4. The van der Waals surface area contributed by atoms with Gasteiger partial charge in [-0.15, -0.1) is 0 Å². The molecule has 0 spiro atoms. The van der Waals surface area contributed by atoms with Crippen LogP contribution in [0.4, 0.5) is 0 Å². The van der Waals surface area contributed by atoms with Gasteiger partial charge in [0.05, 0.1) is 12.5 Å². The minimum Gasteiger partial charge on any atom is -0.494 e. The van der Waals surface area contributed by atoms with Crippen molar-refractivity contribution < 1.29 is 33.3 Å². The first-order chi connectivity index (χ1) is 15.8. The van der Waals surface area contributed by atoms with Crippen LogP contribution in [0, 0.1) is 5.92 Å². The molecule has 0 amide bonds. The molecule has 2 bridgehead atoms. The van der Waals surface area contributed by atoms with Gasteiger partial charge in [0.2, 0.25) is 0 Å². The zero-order valence-corrected chi connectivity index (χ0v) is 18.6. The number of esters is 3. The van der Waals surface area contributed by atoms with Gasteiger partial charge in [-0.05, 0) is 49.8 Å². The van der Waals surface area contributed by atoms with E-state index in [2.05, 4.69) is 6.58 Å². The molecule has 4 atom stereocenters. The Morgan fingerprint density at radius 3 is 2.79 bits per heavy atom. The molecular formula is C26H26O7. The van der Waals surface area contributed by atoms with Crippen LogP contribution in [0.15, 0.2) is 65.8 Å². The predicted octanol–water partition coefficient (Wildman–Crippen LogP) is 3.70. The van der Waals surface area contributed by atoms with E-state index in [0.717, 1.165) is 11.1 Å². The fourth-order valence-electron chi connectivity index (χ4n) is 4.32. The minimum absolute atomic E-state index is 0.186. The van der Waals surface area contributed by atoms with Crippen molar-refractivity contribution in [1.29, 1.82) is 0 Å². The molecule has 2 unspecified atom stereocenters. The van der Waals surface area contributed by atoms with Gasteiger partial charge in [-0.1, -0.05) is 24.3 Å². The largest absolute Gasteiger partial charge is 0.494 e. The topological polar surface area (TPSA) is 88.1 Å². The molecule has 2 heterocycles. The standard InChI is InChI=1S/C26H26O7/c1-4-30-19-7-5-6-17(12-19)8-9-23(27)32-21-11-15(2)10-20-13-18(26(29)31-20)14-22-24(21)16(3)25(28)33-22/h5-9,11-13,20-22,24H,3-4,10,14H2,1-2H3/b9-8+,15-11+/t20-,21?,22?,24+/m1/s1. The van der Waals surface area contributed by atoms with Crippen LogP contribution in [-0.4, -0.2) is 42.8 Å². The fraction of sp³-hybridized carbons (Fsp3) is 0.346. The molecule has 1 aliphatic carbocycles. The maximum absolute atomic E-state index is 12.7. The molecule has 2 aliphatic heterocycles. The molecule has 7 nitrogen and oxygen atoms in total. The quantitative estimate of drug-likeness (QED) is 0.293. The molecule has 1 fully saturated rings. The Labute approximate surface area is 192 Å². The summed E-state index contributed by atoms with van der Waals surface area (Å²) < 4.78 is 22.1. The SMILES string of the molecule is C=C1C(=O)OC2CC3=C[C@@H](C/C(C)=C/C(OC(=O)/C=C/c4cccc(OCC)c4)[C@H]12)OC3=O. The number of hydrogen-bond donors (Lipinski definition) is 0. The molecule has 1 aromatic rings. The average Bonchev–Trinajstić information content (AvgIpc) is 3.24. The van der Waals surface area contributed by atoms with Crippen LogP contribution in [0.1, 0.15) is 32.3 Å². The molecule has 4 rings (SSSR count). The predicted molar refractivity (Wildman–Crippen MR) is 120 cm³/mol. The van der Waals surface area contributed by atoms with Crippen LogP contribution in [0.3, 0.4) is 0 Å². The Morgan fingerprint density at radius 2 is 2.00 bits per heavy atom. The highest BCUT2D eigenvalue weighted by molar-refractivity contribution is 5.93. The average molecular weight is 450 g/mol. The van der Waals surface area contributed by atoms with Crippen LogP contribution in [0.2, 0.25) is 0 Å². The highest BCUT2D eigenvalue weighted by Gasteiger charge is 2.46. The lowest BCUT2D eigenvalue weighted by Crippen LogP contribution is -2.32. The van der Waals surface area contributed by atoms with Gasteiger partial charge in [-0.3, -0.25) is 0 Å². The van der Waals surface area contributed by atoms with E-state index < -0.39 is 36.0 Å². The summed E-state index contributed by atoms with van der Waals surface area (Å²) in [6.45, 7) is 8.18. The Morgan fingerprint density at radius 1 is 1.18 bits per heavy atom. The normalized spacial score (nSPS) is 28.4. The monoisotopic (exact) mass is 450 g/mol. The van der Waals surface area contributed by atoms with E-state index in [-0.39, 0.29) is 18.1 Å². The van der Waals surface area contributed by atoms with Crippen molar-refractivity contribution in [3.05, 3.63) is 71.4 Å². The Kier molecular flexibility index (Phi) is 6.49. The van der Waals surface area contributed by atoms with Gasteiger partial charge in [0.1, 0.15) is 24.1 Å². The van der Waals surface area contributed by atoms with Crippen LogP contribution in [0.25, 0.3) is 6.08 Å². The number of rotatable bonds is 5. The van der Waals surface area contributed by atoms with Gasteiger partial charge in [0.25, 0.3) is 0 Å². The van der Waals surface area contributed by atoms with E-state index in [1.165, 1.54) is 6.08 Å². The maximum Gasteiger partial charge on any atom is 0.334 e. The second kappa shape index (κ2) is 9.48. The van der Waals surface area contributed by atoms with Gasteiger partial charge in [0, 0.05) is 30.1 Å². The zero-order chi connectivity index (χ0) is 23.5. The van der Waals surface area contributed by atoms with Crippen molar-refractivity contribution in [3.8, 4) is 5.75 Å². The van der Waals surface area contributed by atoms with Crippen LogP contribution >= 0.6 is 0 Å². The molecule has 0 saturated carbocycles. The van der Waals surface area contributed by atoms with Crippen molar-refractivity contribution in [2.24, 2.45) is 5.92 Å². The number of hydrogen-bond acceptors (Lipinski definition) is 7. The Hall–Kier alpha value is -3.61. The molecule has 7 heteroatoms. The van der Waals surface area contributed by atoms with E-state index in [1.807, 2.05) is 38.1 Å². The van der Waals surface area contributed by atoms with E-state index >= 15 is 0 Å².